The van der Waals surface area contributed by atoms with Gasteiger partial charge in [0.25, 0.3) is 0 Å². The zero-order chi connectivity index (χ0) is 26.1. The molecule has 0 aromatic carbocycles. The van der Waals surface area contributed by atoms with Gasteiger partial charge in [-0.15, -0.1) is 0 Å². The summed E-state index contributed by atoms with van der Waals surface area (Å²) in [5, 5.41) is 11.7. The Bertz CT molecular complexity index is 1050. The molecule has 0 aromatic rings. The first-order valence-corrected chi connectivity index (χ1v) is 14.4. The quantitative estimate of drug-likeness (QED) is 0.481. The molecule has 2 N–H and O–H groups in total. The summed E-state index contributed by atoms with van der Waals surface area (Å²) in [6.45, 7) is 5.45. The van der Waals surface area contributed by atoms with E-state index in [4.69, 9.17) is 14.0 Å². The molecule has 1 heterocycles. The predicted molar refractivity (Wildman–Crippen MR) is 129 cm³/mol. The van der Waals surface area contributed by atoms with Crippen molar-refractivity contribution in [2.75, 3.05) is 13.7 Å². The first-order chi connectivity index (χ1) is 16.9. The number of phosphoric ester groups is 1. The zero-order valence-corrected chi connectivity index (χ0v) is 22.2. The fraction of sp³-hybridized carbons (Fsp3) is 0.769. The average Bonchev–Trinajstić information content (AvgIpc) is 3.30. The fourth-order valence-corrected chi connectivity index (χ4v) is 8.69. The molecule has 0 radical (unpaired) electrons. The van der Waals surface area contributed by atoms with Gasteiger partial charge >= 0.3 is 7.82 Å². The summed E-state index contributed by atoms with van der Waals surface area (Å²) in [5.41, 5.74) is -1.53. The van der Waals surface area contributed by atoms with Gasteiger partial charge in [0.1, 0.15) is 6.61 Å². The molecule has 0 bridgehead atoms. The molecule has 3 saturated carbocycles. The number of Topliss-reactive ketones (excluding diaryl/α,β-unsaturated/α-hetero) is 1. The Hall–Kier alpha value is -1.19. The molecule has 0 amide bonds. The van der Waals surface area contributed by atoms with Crippen LogP contribution in [0.3, 0.4) is 0 Å². The van der Waals surface area contributed by atoms with E-state index in [0.29, 0.717) is 19.3 Å². The minimum Gasteiger partial charge on any atom is -0.393 e. The van der Waals surface area contributed by atoms with Gasteiger partial charge in [-0.2, -0.15) is 0 Å². The van der Waals surface area contributed by atoms with E-state index in [0.717, 1.165) is 31.9 Å². The van der Waals surface area contributed by atoms with Gasteiger partial charge in [-0.1, -0.05) is 38.8 Å². The first-order valence-electron chi connectivity index (χ1n) is 12.9. The van der Waals surface area contributed by atoms with Gasteiger partial charge in [0.15, 0.2) is 23.5 Å². The Kier molecular flexibility index (Phi) is 6.56. The highest BCUT2D eigenvalue weighted by Crippen LogP contribution is 2.69. The maximum atomic E-state index is 13.9. The molecule has 10 atom stereocenters. The summed E-state index contributed by atoms with van der Waals surface area (Å²) >= 11 is 0. The van der Waals surface area contributed by atoms with Crippen LogP contribution in [-0.4, -0.2) is 59.4 Å². The third-order valence-electron chi connectivity index (χ3n) is 9.82. The van der Waals surface area contributed by atoms with E-state index >= 15 is 0 Å². The fourth-order valence-electron chi connectivity index (χ4n) is 8.31. The van der Waals surface area contributed by atoms with E-state index in [1.165, 1.54) is 0 Å². The summed E-state index contributed by atoms with van der Waals surface area (Å²) in [5.74, 6) is -0.458. The van der Waals surface area contributed by atoms with Crippen molar-refractivity contribution >= 4 is 19.4 Å². The number of hydrogen-bond donors (Lipinski definition) is 2. The predicted octanol–water partition coefficient (Wildman–Crippen LogP) is 3.49. The van der Waals surface area contributed by atoms with Crippen LogP contribution in [0.2, 0.25) is 0 Å². The lowest BCUT2D eigenvalue weighted by atomic mass is 9.46. The number of rotatable bonds is 7. The summed E-state index contributed by atoms with van der Waals surface area (Å²) in [6, 6.07) is 0. The smallest absolute Gasteiger partial charge is 0.393 e. The van der Waals surface area contributed by atoms with Crippen molar-refractivity contribution < 1.29 is 42.7 Å². The molecule has 2 unspecified atom stereocenters. The number of aliphatic hydroxyl groups is 1. The average molecular weight is 525 g/mol. The van der Waals surface area contributed by atoms with E-state index in [1.807, 2.05) is 19.9 Å². The lowest BCUT2D eigenvalue weighted by Gasteiger charge is -2.59. The molecule has 1 aliphatic heterocycles. The number of ether oxygens (including phenoxy) is 2. The Labute approximate surface area is 211 Å². The second kappa shape index (κ2) is 8.94. The number of allylic oxidation sites excluding steroid dienone is 4. The standard InChI is InChI=1S/C26H37O9P/c1-5-6-22-34-21-12-18-17-8-7-15-11-16(27)9-10-24(15,2)23(17)19(28)13-25(18,3)26(21,35-22)20(29)14-33-36(30,31)32-4/h9-11,17-19,21-23,28H,5-8,12-14H2,1-4H3,(H,30,31)/t17-,18-,19-,21+,22?,23+,24-,25-,26+/m0/s1. The van der Waals surface area contributed by atoms with Crippen molar-refractivity contribution in [2.45, 2.75) is 83.4 Å². The molecule has 0 spiro atoms. The van der Waals surface area contributed by atoms with E-state index in [9.17, 15) is 24.2 Å². The van der Waals surface area contributed by atoms with E-state index in [1.54, 1.807) is 12.2 Å². The van der Waals surface area contributed by atoms with Gasteiger partial charge in [-0.05, 0) is 56.1 Å². The summed E-state index contributed by atoms with van der Waals surface area (Å²) in [7, 11) is -3.32. The first kappa shape index (κ1) is 26.4. The second-order valence-electron chi connectivity index (χ2n) is 11.5. The van der Waals surface area contributed by atoms with E-state index in [2.05, 4.69) is 11.4 Å². The number of phosphoric acid groups is 1. The van der Waals surface area contributed by atoms with Crippen molar-refractivity contribution in [3.8, 4) is 0 Å². The normalized spacial score (nSPS) is 46.8. The van der Waals surface area contributed by atoms with E-state index < -0.39 is 55.1 Å². The van der Waals surface area contributed by atoms with Gasteiger partial charge in [-0.3, -0.25) is 18.6 Å². The molecular weight excluding hydrogens is 487 g/mol. The Morgan fingerprint density at radius 1 is 1.33 bits per heavy atom. The molecule has 10 heteroatoms. The largest absolute Gasteiger partial charge is 0.472 e. The van der Waals surface area contributed by atoms with Gasteiger partial charge in [-0.25, -0.2) is 4.57 Å². The van der Waals surface area contributed by atoms with Crippen LogP contribution in [0.4, 0.5) is 0 Å². The van der Waals surface area contributed by atoms with Crippen molar-refractivity contribution in [3.63, 3.8) is 0 Å². The molecular formula is C26H37O9P. The maximum Gasteiger partial charge on any atom is 0.472 e. The molecule has 1 saturated heterocycles. The van der Waals surface area contributed by atoms with Crippen LogP contribution < -0.4 is 0 Å². The number of fused-ring (bicyclic) bond motifs is 7. The van der Waals surface area contributed by atoms with Gasteiger partial charge < -0.3 is 19.5 Å². The third-order valence-corrected chi connectivity index (χ3v) is 10.7. The SMILES string of the molecule is CCCC1O[C@@H]2C[C@H]3[C@@H]4CCC5=CC(=O)C=C[C@]5(C)[C@H]4[C@@H](O)C[C@]3(C)[C@]2(C(=O)COP(=O)(O)OC)O1. The lowest BCUT2D eigenvalue weighted by molar-refractivity contribution is -0.200. The topological polar surface area (TPSA) is 129 Å². The molecule has 5 aliphatic rings. The number of carbonyl (C=O) groups excluding carboxylic acids is 2. The third kappa shape index (κ3) is 3.69. The van der Waals surface area contributed by atoms with Crippen LogP contribution >= 0.6 is 7.82 Å². The van der Waals surface area contributed by atoms with Crippen molar-refractivity contribution in [1.82, 2.24) is 0 Å². The highest BCUT2D eigenvalue weighted by Gasteiger charge is 2.75. The zero-order valence-electron chi connectivity index (χ0n) is 21.3. The Balaban J connectivity index is 1.52. The lowest BCUT2D eigenvalue weighted by Crippen LogP contribution is -2.63. The Morgan fingerprint density at radius 3 is 2.78 bits per heavy atom. The minimum atomic E-state index is -4.37. The van der Waals surface area contributed by atoms with Gasteiger partial charge in [0.2, 0.25) is 0 Å². The van der Waals surface area contributed by atoms with Crippen LogP contribution in [0.1, 0.15) is 59.3 Å². The second-order valence-corrected chi connectivity index (χ2v) is 13.1. The van der Waals surface area contributed by atoms with Crippen LogP contribution in [0.15, 0.2) is 23.8 Å². The van der Waals surface area contributed by atoms with Gasteiger partial charge in [0.05, 0.1) is 12.2 Å². The van der Waals surface area contributed by atoms with Crippen LogP contribution in [0, 0.1) is 28.6 Å². The van der Waals surface area contributed by atoms with Gasteiger partial charge in [0, 0.05) is 23.9 Å². The minimum absolute atomic E-state index is 0.0167. The molecule has 9 nitrogen and oxygen atoms in total. The highest BCUT2D eigenvalue weighted by molar-refractivity contribution is 7.47. The highest BCUT2D eigenvalue weighted by atomic mass is 31.2. The maximum absolute atomic E-state index is 13.9. The van der Waals surface area contributed by atoms with Crippen LogP contribution in [0.25, 0.3) is 0 Å². The van der Waals surface area contributed by atoms with Crippen molar-refractivity contribution in [3.05, 3.63) is 23.8 Å². The molecule has 5 rings (SSSR count). The molecule has 0 aromatic heterocycles. The molecule has 36 heavy (non-hydrogen) atoms. The molecule has 4 aliphatic carbocycles. The van der Waals surface area contributed by atoms with Crippen molar-refractivity contribution in [1.29, 1.82) is 0 Å². The molecule has 4 fully saturated rings. The van der Waals surface area contributed by atoms with E-state index in [-0.39, 0.29) is 23.5 Å². The molecule has 200 valence electrons. The van der Waals surface area contributed by atoms with Crippen LogP contribution in [0.5, 0.6) is 0 Å². The number of ketones is 2. The number of carbonyl (C=O) groups is 2. The Morgan fingerprint density at radius 2 is 2.08 bits per heavy atom. The number of aliphatic hydroxyl groups excluding tert-OH is 1. The summed E-state index contributed by atoms with van der Waals surface area (Å²) in [4.78, 5) is 35.7. The summed E-state index contributed by atoms with van der Waals surface area (Å²) in [6.07, 6.45) is 7.30. The summed E-state index contributed by atoms with van der Waals surface area (Å²) < 4.78 is 34.2. The van der Waals surface area contributed by atoms with Crippen LogP contribution in [-0.2, 0) is 32.7 Å². The number of hydrogen-bond acceptors (Lipinski definition) is 8. The monoisotopic (exact) mass is 524 g/mol. The van der Waals surface area contributed by atoms with Crippen molar-refractivity contribution in [2.24, 2.45) is 28.6 Å².